The lowest BCUT2D eigenvalue weighted by molar-refractivity contribution is -0.165. The van der Waals surface area contributed by atoms with Crippen LogP contribution in [0, 0.1) is 0 Å². The molecule has 0 aromatic carbocycles. The lowest BCUT2D eigenvalue weighted by atomic mass is 10.2. The minimum absolute atomic E-state index is 0.395. The molecule has 78 valence electrons. The van der Waals surface area contributed by atoms with Gasteiger partial charge in [0.2, 0.25) is 0 Å². The molecule has 0 unspecified atom stereocenters. The first kappa shape index (κ1) is 11.1. The predicted molar refractivity (Wildman–Crippen MR) is 49.8 cm³/mol. The molecule has 14 heavy (non-hydrogen) atoms. The Bertz CT molecular complexity index is 333. The lowest BCUT2D eigenvalue weighted by Crippen LogP contribution is -2.23. The zero-order valence-corrected chi connectivity index (χ0v) is 8.41. The van der Waals surface area contributed by atoms with Crippen LogP contribution in [0.3, 0.4) is 0 Å². The van der Waals surface area contributed by atoms with Crippen molar-refractivity contribution in [1.29, 1.82) is 0 Å². The van der Waals surface area contributed by atoms with Crippen molar-refractivity contribution < 1.29 is 18.7 Å². The molecule has 1 rings (SSSR count). The van der Waals surface area contributed by atoms with Gasteiger partial charge in [-0.1, -0.05) is 13.3 Å². The van der Waals surface area contributed by atoms with E-state index >= 15 is 0 Å². The van der Waals surface area contributed by atoms with Crippen molar-refractivity contribution in [2.45, 2.75) is 25.7 Å². The van der Waals surface area contributed by atoms with Crippen LogP contribution in [0.25, 0.3) is 0 Å². The maximum atomic E-state index is 12.9. The first-order valence-corrected chi connectivity index (χ1v) is 5.00. The summed E-state index contributed by atoms with van der Waals surface area (Å²) in [6.07, 6.45) is 1.57. The van der Waals surface area contributed by atoms with E-state index in [2.05, 4.69) is 0 Å². The van der Waals surface area contributed by atoms with Crippen molar-refractivity contribution in [3.05, 3.63) is 21.9 Å². The fourth-order valence-corrected chi connectivity index (χ4v) is 2.11. The molecule has 1 aromatic rings. The third-order valence-corrected chi connectivity index (χ3v) is 2.95. The Morgan fingerprint density at radius 2 is 2.21 bits per heavy atom. The molecule has 0 aliphatic heterocycles. The Kier molecular flexibility index (Phi) is 3.21. The Morgan fingerprint density at radius 3 is 2.71 bits per heavy atom. The zero-order chi connectivity index (χ0) is 10.8. The number of thiophene rings is 1. The molecule has 0 amide bonds. The molecular weight excluding hydrogens is 210 g/mol. The van der Waals surface area contributed by atoms with E-state index in [0.717, 1.165) is 22.6 Å². The maximum absolute atomic E-state index is 12.9. The van der Waals surface area contributed by atoms with Gasteiger partial charge < -0.3 is 5.11 Å². The number of rotatable bonds is 4. The fourth-order valence-electron chi connectivity index (χ4n) is 1.03. The minimum atomic E-state index is -3.75. The second-order valence-corrected chi connectivity index (χ2v) is 4.06. The van der Waals surface area contributed by atoms with E-state index < -0.39 is 16.8 Å². The highest BCUT2D eigenvalue weighted by Crippen LogP contribution is 2.34. The van der Waals surface area contributed by atoms with Gasteiger partial charge in [0.25, 0.3) is 0 Å². The molecule has 0 fully saturated rings. The minimum Gasteiger partial charge on any atom is -0.477 e. The van der Waals surface area contributed by atoms with E-state index in [0.29, 0.717) is 6.42 Å². The number of aliphatic carboxylic acids is 1. The quantitative estimate of drug-likeness (QED) is 0.847. The number of aryl methyl sites for hydroxylation is 1. The van der Waals surface area contributed by atoms with Crippen molar-refractivity contribution >= 4 is 17.3 Å². The number of hydrogen-bond donors (Lipinski definition) is 1. The summed E-state index contributed by atoms with van der Waals surface area (Å²) in [5.41, 5.74) is 0. The Hall–Kier alpha value is -0.970. The van der Waals surface area contributed by atoms with E-state index in [9.17, 15) is 13.6 Å². The summed E-state index contributed by atoms with van der Waals surface area (Å²) in [6, 6.07) is 2.74. The average molecular weight is 220 g/mol. The molecule has 0 bridgehead atoms. The molecule has 0 saturated carbocycles. The highest BCUT2D eigenvalue weighted by atomic mass is 32.1. The van der Waals surface area contributed by atoms with Crippen molar-refractivity contribution in [3.63, 3.8) is 0 Å². The maximum Gasteiger partial charge on any atom is 0.380 e. The standard InChI is InChI=1S/C9H10F2O2S/c1-2-3-6-4-5-7(14-6)9(10,11)8(12)13/h4-5H,2-3H2,1H3,(H,12,13). The normalized spacial score (nSPS) is 11.6. The van der Waals surface area contributed by atoms with Gasteiger partial charge in [0, 0.05) is 4.88 Å². The van der Waals surface area contributed by atoms with Crippen LogP contribution < -0.4 is 0 Å². The van der Waals surface area contributed by atoms with Crippen LogP contribution in [-0.4, -0.2) is 11.1 Å². The largest absolute Gasteiger partial charge is 0.477 e. The Morgan fingerprint density at radius 1 is 1.57 bits per heavy atom. The first-order chi connectivity index (χ1) is 6.48. The summed E-state index contributed by atoms with van der Waals surface area (Å²) in [4.78, 5) is 10.6. The Labute approximate surface area is 84.2 Å². The van der Waals surface area contributed by atoms with Gasteiger partial charge >= 0.3 is 11.9 Å². The van der Waals surface area contributed by atoms with E-state index in [1.807, 2.05) is 6.92 Å². The van der Waals surface area contributed by atoms with Crippen LogP contribution in [0.2, 0.25) is 0 Å². The van der Waals surface area contributed by atoms with Gasteiger partial charge in [-0.25, -0.2) is 4.79 Å². The predicted octanol–water partition coefficient (Wildman–Crippen LogP) is 2.88. The summed E-state index contributed by atoms with van der Waals surface area (Å²) in [7, 11) is 0. The van der Waals surface area contributed by atoms with Gasteiger partial charge in [-0.2, -0.15) is 8.78 Å². The second kappa shape index (κ2) is 4.04. The number of carboxylic acids is 1. The molecule has 0 aliphatic carbocycles. The highest BCUT2D eigenvalue weighted by molar-refractivity contribution is 7.12. The van der Waals surface area contributed by atoms with Crippen LogP contribution in [0.4, 0.5) is 8.78 Å². The monoisotopic (exact) mass is 220 g/mol. The van der Waals surface area contributed by atoms with E-state index in [1.165, 1.54) is 6.07 Å². The molecule has 0 spiro atoms. The molecule has 0 radical (unpaired) electrons. The summed E-state index contributed by atoms with van der Waals surface area (Å²) in [6.45, 7) is 1.94. The third kappa shape index (κ3) is 2.09. The van der Waals surface area contributed by atoms with Crippen LogP contribution in [0.15, 0.2) is 12.1 Å². The molecule has 1 N–H and O–H groups in total. The SMILES string of the molecule is CCCc1ccc(C(F)(F)C(=O)O)s1. The Balaban J connectivity index is 2.91. The summed E-state index contributed by atoms with van der Waals surface area (Å²) >= 11 is 0.862. The van der Waals surface area contributed by atoms with Crippen LogP contribution in [0.1, 0.15) is 23.1 Å². The summed E-state index contributed by atoms with van der Waals surface area (Å²) in [5.74, 6) is -5.85. The molecule has 0 saturated heterocycles. The van der Waals surface area contributed by atoms with Gasteiger partial charge in [-0.3, -0.25) is 0 Å². The van der Waals surface area contributed by atoms with E-state index in [1.54, 1.807) is 6.07 Å². The van der Waals surface area contributed by atoms with Gasteiger partial charge in [-0.05, 0) is 18.6 Å². The average Bonchev–Trinajstić information content (AvgIpc) is 2.53. The molecular formula is C9H10F2O2S. The lowest BCUT2D eigenvalue weighted by Gasteiger charge is -2.07. The summed E-state index contributed by atoms with van der Waals surface area (Å²) < 4.78 is 25.9. The zero-order valence-electron chi connectivity index (χ0n) is 7.59. The van der Waals surface area contributed by atoms with Gasteiger partial charge in [0.1, 0.15) is 0 Å². The summed E-state index contributed by atoms with van der Waals surface area (Å²) in [5, 5.41) is 8.29. The number of hydrogen-bond acceptors (Lipinski definition) is 2. The highest BCUT2D eigenvalue weighted by Gasteiger charge is 2.42. The van der Waals surface area contributed by atoms with Gasteiger partial charge in [0.05, 0.1) is 4.88 Å². The van der Waals surface area contributed by atoms with Gasteiger partial charge in [-0.15, -0.1) is 11.3 Å². The van der Waals surface area contributed by atoms with Crippen molar-refractivity contribution in [2.24, 2.45) is 0 Å². The van der Waals surface area contributed by atoms with Gasteiger partial charge in [0.15, 0.2) is 0 Å². The van der Waals surface area contributed by atoms with Crippen LogP contribution >= 0.6 is 11.3 Å². The third-order valence-electron chi connectivity index (χ3n) is 1.74. The number of carbonyl (C=O) groups is 1. The van der Waals surface area contributed by atoms with Crippen LogP contribution in [0.5, 0.6) is 0 Å². The molecule has 1 aromatic heterocycles. The van der Waals surface area contributed by atoms with E-state index in [4.69, 9.17) is 5.11 Å². The molecule has 1 heterocycles. The topological polar surface area (TPSA) is 37.3 Å². The fraction of sp³-hybridized carbons (Fsp3) is 0.444. The van der Waals surface area contributed by atoms with Crippen LogP contribution in [-0.2, 0) is 17.1 Å². The number of alkyl halides is 2. The van der Waals surface area contributed by atoms with E-state index in [-0.39, 0.29) is 0 Å². The molecule has 2 nitrogen and oxygen atoms in total. The van der Waals surface area contributed by atoms with Crippen molar-refractivity contribution in [3.8, 4) is 0 Å². The number of halogens is 2. The molecule has 0 atom stereocenters. The van der Waals surface area contributed by atoms with Crippen molar-refractivity contribution in [2.75, 3.05) is 0 Å². The van der Waals surface area contributed by atoms with Crippen molar-refractivity contribution in [1.82, 2.24) is 0 Å². The molecule has 0 aliphatic rings. The number of carboxylic acid groups (broad SMARTS) is 1. The first-order valence-electron chi connectivity index (χ1n) is 4.19. The molecule has 5 heteroatoms. The smallest absolute Gasteiger partial charge is 0.380 e. The second-order valence-electron chi connectivity index (χ2n) is 2.90.